The molecule has 100 valence electrons. The third-order valence-corrected chi connectivity index (χ3v) is 3.73. The quantitative estimate of drug-likeness (QED) is 0.877. The minimum Gasteiger partial charge on any atom is -0.373 e. The molecule has 0 saturated carbocycles. The zero-order valence-corrected chi connectivity index (χ0v) is 11.8. The van der Waals surface area contributed by atoms with Gasteiger partial charge in [-0.25, -0.2) is 9.97 Å². The minimum atomic E-state index is -0.189. The molecule has 0 atom stereocenters. The Morgan fingerprint density at radius 2 is 2.26 bits per heavy atom. The number of carbonyl (C=O) groups excluding carboxylic acids is 1. The number of rotatable bonds is 5. The lowest BCUT2D eigenvalue weighted by atomic mass is 10.3. The fourth-order valence-corrected chi connectivity index (χ4v) is 2.34. The third kappa shape index (κ3) is 3.51. The molecule has 2 rings (SSSR count). The second kappa shape index (κ2) is 6.29. The van der Waals surface area contributed by atoms with Gasteiger partial charge in [0.25, 0.3) is 5.91 Å². The maximum absolute atomic E-state index is 11.9. The monoisotopic (exact) mass is 276 g/mol. The van der Waals surface area contributed by atoms with Gasteiger partial charge in [0, 0.05) is 18.1 Å². The summed E-state index contributed by atoms with van der Waals surface area (Å²) in [6.45, 7) is 2.53. The lowest BCUT2D eigenvalue weighted by Gasteiger charge is -2.04. The Morgan fingerprint density at radius 3 is 2.95 bits per heavy atom. The average Bonchev–Trinajstić information content (AvgIpc) is 2.93. The minimum absolute atomic E-state index is 0.189. The number of hydrogen-bond acceptors (Lipinski definition) is 5. The normalized spacial score (nSPS) is 10.2. The van der Waals surface area contributed by atoms with E-state index in [2.05, 4.69) is 27.5 Å². The van der Waals surface area contributed by atoms with Crippen LogP contribution >= 0.6 is 11.3 Å². The first-order chi connectivity index (χ1) is 9.22. The van der Waals surface area contributed by atoms with Crippen molar-refractivity contribution in [3.05, 3.63) is 40.0 Å². The van der Waals surface area contributed by atoms with Gasteiger partial charge in [0.1, 0.15) is 16.5 Å². The zero-order valence-electron chi connectivity index (χ0n) is 10.9. The van der Waals surface area contributed by atoms with E-state index in [4.69, 9.17) is 0 Å². The number of amides is 1. The predicted molar refractivity (Wildman–Crippen MR) is 76.4 cm³/mol. The lowest BCUT2D eigenvalue weighted by Crippen LogP contribution is -2.23. The summed E-state index contributed by atoms with van der Waals surface area (Å²) in [4.78, 5) is 21.6. The number of carbonyl (C=O) groups is 1. The summed E-state index contributed by atoms with van der Waals surface area (Å²) in [5.41, 5.74) is 0.402. The number of nitrogens with one attached hydrogen (secondary N) is 2. The van der Waals surface area contributed by atoms with Crippen LogP contribution in [0, 0.1) is 0 Å². The van der Waals surface area contributed by atoms with E-state index in [-0.39, 0.29) is 5.91 Å². The molecule has 2 N–H and O–H groups in total. The van der Waals surface area contributed by atoms with Gasteiger partial charge in [0.05, 0.1) is 6.54 Å². The second-order valence-electron chi connectivity index (χ2n) is 3.91. The zero-order chi connectivity index (χ0) is 13.7. The van der Waals surface area contributed by atoms with Crippen LogP contribution in [0.3, 0.4) is 0 Å². The van der Waals surface area contributed by atoms with Crippen LogP contribution in [0.1, 0.15) is 27.3 Å². The molecule has 19 heavy (non-hydrogen) atoms. The summed E-state index contributed by atoms with van der Waals surface area (Å²) in [7, 11) is 1.77. The molecule has 1 amide bonds. The van der Waals surface area contributed by atoms with Gasteiger partial charge in [-0.1, -0.05) is 13.0 Å². The summed E-state index contributed by atoms with van der Waals surface area (Å²) in [6, 6.07) is 5.30. The van der Waals surface area contributed by atoms with Gasteiger partial charge < -0.3 is 10.6 Å². The van der Waals surface area contributed by atoms with Crippen LogP contribution in [0.5, 0.6) is 0 Å². The smallest absolute Gasteiger partial charge is 0.270 e. The SMILES string of the molecule is CCc1cnc(CNC(=O)c2cccc(NC)n2)s1. The molecule has 0 bridgehead atoms. The fraction of sp³-hybridized carbons (Fsp3) is 0.308. The Kier molecular flexibility index (Phi) is 4.46. The van der Waals surface area contributed by atoms with Crippen LogP contribution in [0.4, 0.5) is 5.82 Å². The first-order valence-corrected chi connectivity index (χ1v) is 6.91. The van der Waals surface area contributed by atoms with Crippen molar-refractivity contribution < 1.29 is 4.79 Å². The maximum atomic E-state index is 11.9. The Morgan fingerprint density at radius 1 is 1.42 bits per heavy atom. The Bertz CT molecular complexity index is 567. The van der Waals surface area contributed by atoms with Crippen molar-refractivity contribution in [2.45, 2.75) is 19.9 Å². The van der Waals surface area contributed by atoms with Crippen molar-refractivity contribution >= 4 is 23.1 Å². The lowest BCUT2D eigenvalue weighted by molar-refractivity contribution is 0.0946. The first-order valence-electron chi connectivity index (χ1n) is 6.09. The maximum Gasteiger partial charge on any atom is 0.270 e. The van der Waals surface area contributed by atoms with Crippen LogP contribution in [-0.2, 0) is 13.0 Å². The van der Waals surface area contributed by atoms with E-state index in [1.54, 1.807) is 30.5 Å². The topological polar surface area (TPSA) is 66.9 Å². The van der Waals surface area contributed by atoms with E-state index < -0.39 is 0 Å². The van der Waals surface area contributed by atoms with Gasteiger partial charge in [0.15, 0.2) is 0 Å². The highest BCUT2D eigenvalue weighted by Gasteiger charge is 2.08. The standard InChI is InChI=1S/C13H16N4OS/c1-3-9-7-15-12(19-9)8-16-13(18)10-5-4-6-11(14-2)17-10/h4-7H,3,8H2,1-2H3,(H,14,17)(H,16,18). The summed E-state index contributed by atoms with van der Waals surface area (Å²) in [5, 5.41) is 6.64. The number of nitrogens with zero attached hydrogens (tertiary/aromatic N) is 2. The van der Waals surface area contributed by atoms with Crippen LogP contribution < -0.4 is 10.6 Å². The van der Waals surface area contributed by atoms with Crippen molar-refractivity contribution in [2.75, 3.05) is 12.4 Å². The highest BCUT2D eigenvalue weighted by molar-refractivity contribution is 7.11. The van der Waals surface area contributed by atoms with E-state index in [1.807, 2.05) is 12.3 Å². The van der Waals surface area contributed by atoms with E-state index in [0.29, 0.717) is 18.1 Å². The highest BCUT2D eigenvalue weighted by Crippen LogP contribution is 2.13. The third-order valence-electron chi connectivity index (χ3n) is 2.59. The summed E-state index contributed by atoms with van der Waals surface area (Å²) in [6.07, 6.45) is 2.82. The molecule has 2 aromatic rings. The van der Waals surface area contributed by atoms with Gasteiger partial charge >= 0.3 is 0 Å². The van der Waals surface area contributed by atoms with Gasteiger partial charge in [0.2, 0.25) is 0 Å². The van der Waals surface area contributed by atoms with E-state index in [1.165, 1.54) is 4.88 Å². The molecule has 0 aliphatic rings. The second-order valence-corrected chi connectivity index (χ2v) is 5.11. The van der Waals surface area contributed by atoms with Crippen molar-refractivity contribution in [3.8, 4) is 0 Å². The Balaban J connectivity index is 1.96. The summed E-state index contributed by atoms with van der Waals surface area (Å²) < 4.78 is 0. The Labute approximate surface area is 116 Å². The van der Waals surface area contributed by atoms with Crippen molar-refractivity contribution in [1.29, 1.82) is 0 Å². The number of hydrogen-bond donors (Lipinski definition) is 2. The molecule has 2 heterocycles. The summed E-state index contributed by atoms with van der Waals surface area (Å²) >= 11 is 1.62. The van der Waals surface area contributed by atoms with Crippen molar-refractivity contribution in [3.63, 3.8) is 0 Å². The van der Waals surface area contributed by atoms with Gasteiger partial charge in [-0.3, -0.25) is 4.79 Å². The van der Waals surface area contributed by atoms with Crippen LogP contribution in [0.15, 0.2) is 24.4 Å². The van der Waals surface area contributed by atoms with Gasteiger partial charge in [-0.15, -0.1) is 11.3 Å². The molecule has 0 aliphatic heterocycles. The highest BCUT2D eigenvalue weighted by atomic mass is 32.1. The van der Waals surface area contributed by atoms with Gasteiger partial charge in [-0.05, 0) is 18.6 Å². The molecule has 2 aromatic heterocycles. The predicted octanol–water partition coefficient (Wildman–Crippen LogP) is 2.07. The fourth-order valence-electron chi connectivity index (χ4n) is 1.54. The van der Waals surface area contributed by atoms with Crippen molar-refractivity contribution in [2.24, 2.45) is 0 Å². The van der Waals surface area contributed by atoms with E-state index >= 15 is 0 Å². The van der Waals surface area contributed by atoms with Crippen molar-refractivity contribution in [1.82, 2.24) is 15.3 Å². The Hall–Kier alpha value is -1.95. The molecule has 6 heteroatoms. The number of pyridine rings is 1. The molecule has 0 fully saturated rings. The number of aryl methyl sites for hydroxylation is 1. The molecular formula is C13H16N4OS. The van der Waals surface area contributed by atoms with E-state index in [0.717, 1.165) is 11.4 Å². The molecule has 0 aromatic carbocycles. The average molecular weight is 276 g/mol. The molecular weight excluding hydrogens is 260 g/mol. The summed E-state index contributed by atoms with van der Waals surface area (Å²) in [5.74, 6) is 0.487. The number of aromatic nitrogens is 2. The largest absolute Gasteiger partial charge is 0.373 e. The van der Waals surface area contributed by atoms with Crippen LogP contribution in [0.2, 0.25) is 0 Å². The number of thiazole rings is 1. The molecule has 0 aliphatic carbocycles. The molecule has 0 unspecified atom stereocenters. The van der Waals surface area contributed by atoms with Crippen LogP contribution in [-0.4, -0.2) is 22.9 Å². The van der Waals surface area contributed by atoms with Gasteiger partial charge in [-0.2, -0.15) is 0 Å². The molecule has 5 nitrogen and oxygen atoms in total. The molecule has 0 spiro atoms. The molecule has 0 saturated heterocycles. The number of anilines is 1. The first kappa shape index (κ1) is 13.5. The van der Waals surface area contributed by atoms with Crippen LogP contribution in [0.25, 0.3) is 0 Å². The van der Waals surface area contributed by atoms with E-state index in [9.17, 15) is 4.79 Å². The molecule has 0 radical (unpaired) electrons.